The van der Waals surface area contributed by atoms with E-state index in [-0.39, 0.29) is 18.3 Å². The van der Waals surface area contributed by atoms with Gasteiger partial charge in [0, 0.05) is 5.56 Å². The van der Waals surface area contributed by atoms with Crippen LogP contribution in [0.25, 0.3) is 6.08 Å². The molecular weight excluding hydrogens is 448 g/mol. The van der Waals surface area contributed by atoms with Gasteiger partial charge in [0.1, 0.15) is 0 Å². The second-order valence-corrected chi connectivity index (χ2v) is 8.79. The van der Waals surface area contributed by atoms with Gasteiger partial charge in [-0.25, -0.2) is 4.99 Å². The molecule has 0 atom stereocenters. The third kappa shape index (κ3) is 5.55. The first-order valence-corrected chi connectivity index (χ1v) is 11.5. The fourth-order valence-electron chi connectivity index (χ4n) is 3.42. The Labute approximate surface area is 202 Å². The Bertz CT molecular complexity index is 1300. The van der Waals surface area contributed by atoms with Crippen LogP contribution in [0.1, 0.15) is 27.0 Å². The van der Waals surface area contributed by atoms with Crippen molar-refractivity contribution in [3.8, 4) is 11.5 Å². The monoisotopic (exact) mass is 472 g/mol. The highest BCUT2D eigenvalue weighted by Gasteiger charge is 2.24. The Balaban J connectivity index is 1.48. The van der Waals surface area contributed by atoms with Crippen LogP contribution in [0.3, 0.4) is 0 Å². The average molecular weight is 473 g/mol. The lowest BCUT2D eigenvalue weighted by Crippen LogP contribution is -2.19. The van der Waals surface area contributed by atoms with Crippen LogP contribution in [0.4, 0.5) is 5.69 Å². The van der Waals surface area contributed by atoms with Crippen LogP contribution in [0.5, 0.6) is 11.5 Å². The van der Waals surface area contributed by atoms with Crippen molar-refractivity contribution in [2.45, 2.75) is 13.8 Å². The number of ether oxygens (including phenoxy) is 2. The van der Waals surface area contributed by atoms with Gasteiger partial charge in [-0.3, -0.25) is 9.59 Å². The van der Waals surface area contributed by atoms with E-state index in [9.17, 15) is 9.59 Å². The van der Waals surface area contributed by atoms with Crippen LogP contribution in [0.15, 0.2) is 76.6 Å². The molecule has 1 fully saturated rings. The summed E-state index contributed by atoms with van der Waals surface area (Å²) in [7, 11) is 1.53. The van der Waals surface area contributed by atoms with E-state index >= 15 is 0 Å². The summed E-state index contributed by atoms with van der Waals surface area (Å²) >= 11 is 1.28. The Morgan fingerprint density at radius 1 is 1.03 bits per heavy atom. The highest BCUT2D eigenvalue weighted by Crippen LogP contribution is 2.33. The number of ketones is 1. The van der Waals surface area contributed by atoms with E-state index in [4.69, 9.17) is 9.47 Å². The van der Waals surface area contributed by atoms with Gasteiger partial charge in [-0.2, -0.15) is 0 Å². The van der Waals surface area contributed by atoms with Gasteiger partial charge >= 0.3 is 0 Å². The number of hydrogen-bond acceptors (Lipinski definition) is 6. The number of aryl methyl sites for hydroxylation is 2. The molecule has 0 aliphatic carbocycles. The van der Waals surface area contributed by atoms with E-state index in [0.717, 1.165) is 22.4 Å². The molecule has 34 heavy (non-hydrogen) atoms. The Morgan fingerprint density at radius 2 is 1.82 bits per heavy atom. The Kier molecular flexibility index (Phi) is 7.13. The fourth-order valence-corrected chi connectivity index (χ4v) is 4.25. The number of hydrogen-bond donors (Lipinski definition) is 1. The number of amidine groups is 1. The molecule has 3 aromatic rings. The van der Waals surface area contributed by atoms with E-state index in [2.05, 4.69) is 16.4 Å². The lowest BCUT2D eigenvalue weighted by atomic mass is 10.1. The van der Waals surface area contributed by atoms with E-state index < -0.39 is 0 Å². The number of carbonyl (C=O) groups excluding carboxylic acids is 2. The quantitative estimate of drug-likeness (QED) is 0.365. The zero-order valence-corrected chi connectivity index (χ0v) is 19.9. The molecule has 1 N–H and O–H groups in total. The number of carbonyl (C=O) groups is 2. The van der Waals surface area contributed by atoms with E-state index in [1.807, 2.05) is 50.2 Å². The first kappa shape index (κ1) is 23.3. The van der Waals surface area contributed by atoms with Gasteiger partial charge in [-0.05, 0) is 61.0 Å². The van der Waals surface area contributed by atoms with E-state index in [1.165, 1.54) is 18.9 Å². The van der Waals surface area contributed by atoms with Gasteiger partial charge in [-0.1, -0.05) is 54.1 Å². The zero-order chi connectivity index (χ0) is 24.1. The normalized spacial score (nSPS) is 15.4. The molecular formula is C27H24N2O4S. The van der Waals surface area contributed by atoms with Crippen molar-refractivity contribution in [1.29, 1.82) is 0 Å². The summed E-state index contributed by atoms with van der Waals surface area (Å²) in [6.45, 7) is 3.92. The summed E-state index contributed by atoms with van der Waals surface area (Å²) < 4.78 is 11.1. The van der Waals surface area contributed by atoms with Crippen molar-refractivity contribution in [3.63, 3.8) is 0 Å². The molecule has 1 amide bonds. The van der Waals surface area contributed by atoms with Gasteiger partial charge in [0.25, 0.3) is 5.91 Å². The molecule has 0 aromatic heterocycles. The third-order valence-corrected chi connectivity index (χ3v) is 6.08. The highest BCUT2D eigenvalue weighted by molar-refractivity contribution is 8.18. The van der Waals surface area contributed by atoms with Crippen LogP contribution >= 0.6 is 11.8 Å². The second-order valence-electron chi connectivity index (χ2n) is 7.76. The number of methoxy groups -OCH3 is 1. The minimum atomic E-state index is -0.207. The molecule has 1 aliphatic rings. The number of benzene rings is 3. The van der Waals surface area contributed by atoms with Crippen molar-refractivity contribution in [2.75, 3.05) is 13.7 Å². The molecule has 6 nitrogen and oxygen atoms in total. The first-order chi connectivity index (χ1) is 16.4. The maximum absolute atomic E-state index is 12.5. The maximum atomic E-state index is 12.5. The molecule has 0 radical (unpaired) electrons. The van der Waals surface area contributed by atoms with Crippen molar-refractivity contribution in [1.82, 2.24) is 5.32 Å². The second kappa shape index (κ2) is 10.4. The molecule has 1 aliphatic heterocycles. The van der Waals surface area contributed by atoms with Gasteiger partial charge < -0.3 is 14.8 Å². The van der Waals surface area contributed by atoms with Crippen LogP contribution in [0, 0.1) is 13.8 Å². The number of thioether (sulfide) groups is 1. The summed E-state index contributed by atoms with van der Waals surface area (Å²) in [6.07, 6.45) is 1.77. The number of Topliss-reactive ketones (excluding diaryl/α,β-unsaturated/α-hetero) is 1. The van der Waals surface area contributed by atoms with Crippen LogP contribution < -0.4 is 14.8 Å². The smallest absolute Gasteiger partial charge is 0.264 e. The summed E-state index contributed by atoms with van der Waals surface area (Å²) in [6, 6.07) is 20.3. The molecule has 0 spiro atoms. The van der Waals surface area contributed by atoms with Gasteiger partial charge in [0.2, 0.25) is 0 Å². The number of rotatable bonds is 7. The summed E-state index contributed by atoms with van der Waals surface area (Å²) in [5.41, 5.74) is 4.39. The van der Waals surface area contributed by atoms with E-state index in [0.29, 0.717) is 27.1 Å². The summed E-state index contributed by atoms with van der Waals surface area (Å²) in [5, 5.41) is 3.35. The fraction of sp³-hybridized carbons (Fsp3) is 0.148. The van der Waals surface area contributed by atoms with Gasteiger partial charge in [-0.15, -0.1) is 0 Å². The van der Waals surface area contributed by atoms with Crippen LogP contribution in [-0.2, 0) is 4.79 Å². The SMILES string of the molecule is COc1cc(/C=C2/SC(=Nc3ccc(C)cc3C)NC2=O)ccc1OCC(=O)c1ccccc1. The molecule has 0 saturated carbocycles. The van der Waals surface area contributed by atoms with Crippen molar-refractivity contribution < 1.29 is 19.1 Å². The highest BCUT2D eigenvalue weighted by atomic mass is 32.2. The van der Waals surface area contributed by atoms with Crippen LogP contribution in [-0.4, -0.2) is 30.6 Å². The number of nitrogens with zero attached hydrogens (tertiary/aromatic N) is 1. The van der Waals surface area contributed by atoms with Gasteiger partial charge in [0.05, 0.1) is 17.7 Å². The third-order valence-electron chi connectivity index (χ3n) is 5.17. The molecule has 3 aromatic carbocycles. The molecule has 0 bridgehead atoms. The van der Waals surface area contributed by atoms with Gasteiger partial charge in [0.15, 0.2) is 29.1 Å². The minimum absolute atomic E-state index is 0.0999. The Morgan fingerprint density at radius 3 is 2.56 bits per heavy atom. The minimum Gasteiger partial charge on any atom is -0.493 e. The maximum Gasteiger partial charge on any atom is 0.264 e. The number of amides is 1. The molecule has 7 heteroatoms. The van der Waals surface area contributed by atoms with Crippen molar-refractivity contribution >= 4 is 40.4 Å². The zero-order valence-electron chi connectivity index (χ0n) is 19.1. The lowest BCUT2D eigenvalue weighted by Gasteiger charge is -2.11. The molecule has 1 heterocycles. The van der Waals surface area contributed by atoms with Crippen molar-refractivity contribution in [2.24, 2.45) is 4.99 Å². The molecule has 4 rings (SSSR count). The van der Waals surface area contributed by atoms with Crippen LogP contribution in [0.2, 0.25) is 0 Å². The lowest BCUT2D eigenvalue weighted by molar-refractivity contribution is -0.115. The largest absolute Gasteiger partial charge is 0.493 e. The van der Waals surface area contributed by atoms with Crippen molar-refractivity contribution in [3.05, 3.63) is 93.9 Å². The average Bonchev–Trinajstić information content (AvgIpc) is 3.18. The predicted octanol–water partition coefficient (Wildman–Crippen LogP) is 5.47. The summed E-state index contributed by atoms with van der Waals surface area (Å²) in [4.78, 5) is 29.9. The van der Waals surface area contributed by atoms with E-state index in [1.54, 1.807) is 30.3 Å². The topological polar surface area (TPSA) is 77.0 Å². The number of aliphatic imine (C=N–C) groups is 1. The Hall–Kier alpha value is -3.84. The summed E-state index contributed by atoms with van der Waals surface area (Å²) in [5.74, 6) is 0.599. The first-order valence-electron chi connectivity index (χ1n) is 10.7. The molecule has 172 valence electrons. The standard InChI is InChI=1S/C27H24N2O4S/c1-17-9-11-21(18(2)13-17)28-27-29-26(31)25(34-27)15-19-10-12-23(24(14-19)32-3)33-16-22(30)20-7-5-4-6-8-20/h4-15H,16H2,1-3H3,(H,28,29,31)/b25-15+. The molecule has 1 saturated heterocycles. The predicted molar refractivity (Wildman–Crippen MR) is 136 cm³/mol. The molecule has 0 unspecified atom stereocenters. The number of nitrogens with one attached hydrogen (secondary N) is 1.